The molecule has 136 valence electrons. The van der Waals surface area contributed by atoms with Gasteiger partial charge in [0, 0.05) is 33.4 Å². The number of guanidine groups is 1. The zero-order chi connectivity index (χ0) is 17.7. The van der Waals surface area contributed by atoms with Gasteiger partial charge in [0.15, 0.2) is 5.96 Å². The molecule has 2 N–H and O–H groups in total. The Hall–Kier alpha value is -2.41. The van der Waals surface area contributed by atoms with Crippen LogP contribution in [0.4, 0.5) is 0 Å². The molecule has 0 unspecified atom stereocenters. The van der Waals surface area contributed by atoms with Crippen LogP contribution in [0.25, 0.3) is 5.69 Å². The lowest BCUT2D eigenvalue weighted by molar-refractivity contribution is 0.129. The monoisotopic (exact) mass is 344 g/mol. The fraction of sp³-hybridized carbons (Fsp3) is 0.500. The molecule has 7 heteroatoms. The second kappa shape index (κ2) is 11.2. The maximum Gasteiger partial charge on any atom is 0.191 e. The molecule has 2 rings (SSSR count). The summed E-state index contributed by atoms with van der Waals surface area (Å²) in [4.78, 5) is 8.19. The Balaban J connectivity index is 1.66. The predicted molar refractivity (Wildman–Crippen MR) is 99.9 cm³/mol. The van der Waals surface area contributed by atoms with Crippen molar-refractivity contribution in [3.8, 4) is 5.69 Å². The van der Waals surface area contributed by atoms with Gasteiger partial charge >= 0.3 is 0 Å². The van der Waals surface area contributed by atoms with E-state index < -0.39 is 0 Å². The Morgan fingerprint density at radius 1 is 1.16 bits per heavy atom. The molecule has 0 bridgehead atoms. The van der Waals surface area contributed by atoms with Crippen molar-refractivity contribution in [1.82, 2.24) is 25.4 Å². The smallest absolute Gasteiger partial charge is 0.191 e. The van der Waals surface area contributed by atoms with Gasteiger partial charge in [-0.05, 0) is 30.5 Å². The van der Waals surface area contributed by atoms with Gasteiger partial charge in [0.2, 0.25) is 0 Å². The highest BCUT2D eigenvalue weighted by Crippen LogP contribution is 2.07. The lowest BCUT2D eigenvalue weighted by atomic mass is 10.2. The van der Waals surface area contributed by atoms with E-state index in [1.807, 2.05) is 12.1 Å². The number of hydrogen-bond donors (Lipinski definition) is 2. The Kier molecular flexibility index (Phi) is 8.48. The molecule has 0 spiro atoms. The SMILES string of the molecule is CCCCOCCCNC(=NC)NCc1ccc(-n2cncn2)cc1. The Morgan fingerprint density at radius 2 is 1.96 bits per heavy atom. The fourth-order valence-electron chi connectivity index (χ4n) is 2.24. The van der Waals surface area contributed by atoms with E-state index in [1.54, 1.807) is 18.1 Å². The van der Waals surface area contributed by atoms with Crippen LogP contribution in [0.5, 0.6) is 0 Å². The van der Waals surface area contributed by atoms with E-state index >= 15 is 0 Å². The first kappa shape index (κ1) is 18.9. The van der Waals surface area contributed by atoms with E-state index in [2.05, 4.69) is 44.8 Å². The summed E-state index contributed by atoms with van der Waals surface area (Å²) in [5.74, 6) is 0.800. The van der Waals surface area contributed by atoms with Gasteiger partial charge in [-0.2, -0.15) is 5.10 Å². The van der Waals surface area contributed by atoms with Crippen molar-refractivity contribution in [2.45, 2.75) is 32.7 Å². The van der Waals surface area contributed by atoms with Crippen molar-refractivity contribution in [1.29, 1.82) is 0 Å². The largest absolute Gasteiger partial charge is 0.381 e. The van der Waals surface area contributed by atoms with Gasteiger partial charge in [-0.15, -0.1) is 0 Å². The number of aliphatic imine (C=N–C) groups is 1. The third-order valence-corrected chi connectivity index (χ3v) is 3.70. The molecule has 0 amide bonds. The first-order valence-corrected chi connectivity index (χ1v) is 8.79. The first-order chi connectivity index (χ1) is 12.3. The van der Waals surface area contributed by atoms with Crippen LogP contribution >= 0.6 is 0 Å². The Bertz CT molecular complexity index is 609. The highest BCUT2D eigenvalue weighted by molar-refractivity contribution is 5.79. The molecule has 0 radical (unpaired) electrons. The fourth-order valence-corrected chi connectivity index (χ4v) is 2.24. The lowest BCUT2D eigenvalue weighted by Crippen LogP contribution is -2.37. The average molecular weight is 344 g/mol. The number of benzene rings is 1. The highest BCUT2D eigenvalue weighted by Gasteiger charge is 2.00. The number of hydrogen-bond acceptors (Lipinski definition) is 4. The normalized spacial score (nSPS) is 11.5. The zero-order valence-electron chi connectivity index (χ0n) is 15.1. The van der Waals surface area contributed by atoms with Crippen LogP contribution in [0, 0.1) is 0 Å². The van der Waals surface area contributed by atoms with E-state index in [1.165, 1.54) is 18.3 Å². The molecule has 2 aromatic rings. The van der Waals surface area contributed by atoms with Gasteiger partial charge in [0.05, 0.1) is 5.69 Å². The Labute approximate surface area is 149 Å². The van der Waals surface area contributed by atoms with Crippen molar-refractivity contribution < 1.29 is 4.74 Å². The summed E-state index contributed by atoms with van der Waals surface area (Å²) in [5.41, 5.74) is 2.17. The van der Waals surface area contributed by atoms with Crippen LogP contribution in [0.1, 0.15) is 31.7 Å². The number of rotatable bonds is 10. The molecule has 7 nitrogen and oxygen atoms in total. The number of nitrogens with one attached hydrogen (secondary N) is 2. The molecule has 1 aromatic carbocycles. The van der Waals surface area contributed by atoms with Gasteiger partial charge in [-0.25, -0.2) is 9.67 Å². The van der Waals surface area contributed by atoms with Gasteiger partial charge < -0.3 is 15.4 Å². The summed E-state index contributed by atoms with van der Waals surface area (Å²) in [6.07, 6.45) is 6.49. The number of nitrogens with zero attached hydrogens (tertiary/aromatic N) is 4. The van der Waals surface area contributed by atoms with Gasteiger partial charge in [-0.1, -0.05) is 25.5 Å². The maximum atomic E-state index is 5.55. The summed E-state index contributed by atoms with van der Waals surface area (Å²) in [6, 6.07) is 8.18. The molecule has 0 saturated carbocycles. The van der Waals surface area contributed by atoms with Crippen LogP contribution in [-0.4, -0.2) is 47.5 Å². The third-order valence-electron chi connectivity index (χ3n) is 3.70. The van der Waals surface area contributed by atoms with E-state index in [0.717, 1.165) is 44.2 Å². The van der Waals surface area contributed by atoms with Crippen molar-refractivity contribution in [3.05, 3.63) is 42.5 Å². The van der Waals surface area contributed by atoms with E-state index in [9.17, 15) is 0 Å². The number of unbranched alkanes of at least 4 members (excludes halogenated alkanes) is 1. The number of ether oxygens (including phenoxy) is 1. The number of aromatic nitrogens is 3. The molecule has 0 fully saturated rings. The minimum Gasteiger partial charge on any atom is -0.381 e. The van der Waals surface area contributed by atoms with E-state index in [-0.39, 0.29) is 0 Å². The molecule has 0 aliphatic carbocycles. The molecule has 25 heavy (non-hydrogen) atoms. The maximum absolute atomic E-state index is 5.55. The highest BCUT2D eigenvalue weighted by atomic mass is 16.5. The van der Waals surface area contributed by atoms with Crippen molar-refractivity contribution in [3.63, 3.8) is 0 Å². The first-order valence-electron chi connectivity index (χ1n) is 8.79. The molecule has 0 saturated heterocycles. The minimum atomic E-state index is 0.713. The third kappa shape index (κ3) is 6.93. The molecule has 0 aliphatic heterocycles. The Morgan fingerprint density at radius 3 is 2.64 bits per heavy atom. The van der Waals surface area contributed by atoms with Crippen LogP contribution < -0.4 is 10.6 Å². The quantitative estimate of drug-likeness (QED) is 0.392. The molecule has 1 aromatic heterocycles. The summed E-state index contributed by atoms with van der Waals surface area (Å²) in [7, 11) is 1.78. The molecular weight excluding hydrogens is 316 g/mol. The van der Waals surface area contributed by atoms with Crippen LogP contribution in [0.15, 0.2) is 41.9 Å². The summed E-state index contributed by atoms with van der Waals surface area (Å²) in [6.45, 7) is 5.37. The van der Waals surface area contributed by atoms with Gasteiger partial charge in [0.1, 0.15) is 12.7 Å². The molecule has 0 aliphatic rings. The van der Waals surface area contributed by atoms with Gasteiger partial charge in [0.25, 0.3) is 0 Å². The second-order valence-corrected chi connectivity index (χ2v) is 5.68. The van der Waals surface area contributed by atoms with Crippen LogP contribution in [0.3, 0.4) is 0 Å². The molecule has 1 heterocycles. The van der Waals surface area contributed by atoms with Crippen LogP contribution in [-0.2, 0) is 11.3 Å². The van der Waals surface area contributed by atoms with E-state index in [4.69, 9.17) is 4.74 Å². The van der Waals surface area contributed by atoms with Crippen LogP contribution in [0.2, 0.25) is 0 Å². The molecule has 0 atom stereocenters. The summed E-state index contributed by atoms with van der Waals surface area (Å²) >= 11 is 0. The lowest BCUT2D eigenvalue weighted by Gasteiger charge is -2.12. The average Bonchev–Trinajstić information content (AvgIpc) is 3.18. The second-order valence-electron chi connectivity index (χ2n) is 5.68. The minimum absolute atomic E-state index is 0.713. The van der Waals surface area contributed by atoms with Crippen molar-refractivity contribution >= 4 is 5.96 Å². The summed E-state index contributed by atoms with van der Waals surface area (Å²) < 4.78 is 7.29. The van der Waals surface area contributed by atoms with Crippen molar-refractivity contribution in [2.75, 3.05) is 26.8 Å². The van der Waals surface area contributed by atoms with E-state index in [0.29, 0.717) is 6.54 Å². The topological polar surface area (TPSA) is 76.4 Å². The summed E-state index contributed by atoms with van der Waals surface area (Å²) in [5, 5.41) is 10.7. The van der Waals surface area contributed by atoms with Crippen molar-refractivity contribution in [2.24, 2.45) is 4.99 Å². The predicted octanol–water partition coefficient (Wildman–Crippen LogP) is 2.14. The standard InChI is InChI=1S/C18H28N6O/c1-3-4-11-25-12-5-10-21-18(19-2)22-13-16-6-8-17(9-7-16)24-15-20-14-23-24/h6-9,14-15H,3-5,10-13H2,1-2H3,(H2,19,21,22). The molecular formula is C18H28N6O. The zero-order valence-corrected chi connectivity index (χ0v) is 15.1. The van der Waals surface area contributed by atoms with Gasteiger partial charge in [-0.3, -0.25) is 4.99 Å².